The molecule has 1 spiro atoms. The standard InChI is InChI=1S/C52H40N2S/c1-2-12-37(13-3-1)53(38-26-24-35(25-27-38)51-31-33-28-34(32-51)30-36(51)29-33)47-22-11-19-44-50(47)55-48-23-9-6-17-42(48)52(44)41-16-5-8-21-46(41)54-45-20-7-4-14-39(45)40-15-10-18-43(52)49(40)54/h1-27,33-34,36H,28-32H2. The molecular weight excluding hydrogens is 685 g/mol. The van der Waals surface area contributed by atoms with Crippen LogP contribution >= 0.6 is 11.8 Å². The predicted octanol–water partition coefficient (Wildman–Crippen LogP) is 13.5. The average molecular weight is 725 g/mol. The number of aromatic nitrogens is 1. The fraction of sp³-hybridized carbons (Fsp3) is 0.192. The molecule has 55 heavy (non-hydrogen) atoms. The summed E-state index contributed by atoms with van der Waals surface area (Å²) in [6.07, 6.45) is 7.16. The minimum atomic E-state index is -0.514. The fourth-order valence-electron chi connectivity index (χ4n) is 12.7. The van der Waals surface area contributed by atoms with E-state index in [-0.39, 0.29) is 0 Å². The molecule has 8 aromatic rings. The van der Waals surface area contributed by atoms with Gasteiger partial charge in [0.1, 0.15) is 0 Å². The molecule has 3 atom stereocenters. The first-order valence-corrected chi connectivity index (χ1v) is 21.0. The van der Waals surface area contributed by atoms with E-state index in [1.54, 1.807) is 5.56 Å². The third-order valence-corrected chi connectivity index (χ3v) is 15.7. The Kier molecular flexibility index (Phi) is 6.18. The second kappa shape index (κ2) is 11.0. The second-order valence-electron chi connectivity index (χ2n) is 17.0. The molecule has 264 valence electrons. The van der Waals surface area contributed by atoms with Crippen molar-refractivity contribution in [3.8, 4) is 5.69 Å². The van der Waals surface area contributed by atoms with Crippen LogP contribution in [0.5, 0.6) is 0 Å². The third kappa shape index (κ3) is 3.92. The summed E-state index contributed by atoms with van der Waals surface area (Å²) >= 11 is 1.94. The summed E-state index contributed by atoms with van der Waals surface area (Å²) in [5.41, 5.74) is 14.3. The van der Waals surface area contributed by atoms with E-state index in [9.17, 15) is 0 Å². The van der Waals surface area contributed by atoms with Gasteiger partial charge in [-0.3, -0.25) is 0 Å². The van der Waals surface area contributed by atoms with Crippen LogP contribution in [0.25, 0.3) is 27.5 Å². The molecule has 4 aliphatic carbocycles. The SMILES string of the molecule is c1ccc(N(c2ccc(C34CC5CC(CC3C5)C4)cc2)c2cccc3c2Sc2ccccc2C32c3ccccc3-n3c4ccccc4c4cccc2c43)cc1. The van der Waals surface area contributed by atoms with Gasteiger partial charge in [-0.25, -0.2) is 0 Å². The van der Waals surface area contributed by atoms with Crippen LogP contribution in [0.2, 0.25) is 0 Å². The van der Waals surface area contributed by atoms with E-state index < -0.39 is 5.41 Å². The van der Waals surface area contributed by atoms with Gasteiger partial charge in [-0.1, -0.05) is 127 Å². The quantitative estimate of drug-likeness (QED) is 0.179. The molecule has 0 saturated heterocycles. The average Bonchev–Trinajstić information content (AvgIpc) is 3.81. The van der Waals surface area contributed by atoms with Crippen molar-refractivity contribution in [2.75, 3.05) is 4.90 Å². The lowest BCUT2D eigenvalue weighted by Crippen LogP contribution is -2.38. The molecule has 7 aromatic carbocycles. The number of fused-ring (bicyclic) bond motifs is 11. The molecule has 4 saturated carbocycles. The highest BCUT2D eigenvalue weighted by Gasteiger charge is 2.58. The first-order chi connectivity index (χ1) is 27.2. The molecule has 3 heteroatoms. The van der Waals surface area contributed by atoms with E-state index in [0.29, 0.717) is 5.41 Å². The highest BCUT2D eigenvalue weighted by atomic mass is 32.2. The summed E-state index contributed by atoms with van der Waals surface area (Å²) in [5, 5.41) is 2.61. The molecule has 1 aromatic heterocycles. The third-order valence-electron chi connectivity index (χ3n) is 14.5. The summed E-state index contributed by atoms with van der Waals surface area (Å²) in [6.45, 7) is 0. The number of hydrogen-bond acceptors (Lipinski definition) is 2. The Morgan fingerprint density at radius 2 is 1.18 bits per heavy atom. The summed E-state index contributed by atoms with van der Waals surface area (Å²) in [7, 11) is 0. The lowest BCUT2D eigenvalue weighted by molar-refractivity contribution is 0.266. The highest BCUT2D eigenvalue weighted by Crippen LogP contribution is 2.66. The van der Waals surface area contributed by atoms with Crippen LogP contribution < -0.4 is 4.90 Å². The van der Waals surface area contributed by atoms with Crippen LogP contribution in [0.3, 0.4) is 0 Å². The largest absolute Gasteiger partial charge is 0.309 e. The first-order valence-electron chi connectivity index (χ1n) is 20.2. The highest BCUT2D eigenvalue weighted by molar-refractivity contribution is 7.99. The summed E-state index contributed by atoms with van der Waals surface area (Å²) in [6, 6.07) is 62.4. The Bertz CT molecular complexity index is 2860. The summed E-state index contributed by atoms with van der Waals surface area (Å²) in [4.78, 5) is 5.16. The van der Waals surface area contributed by atoms with E-state index in [0.717, 1.165) is 17.8 Å². The van der Waals surface area contributed by atoms with Crippen LogP contribution in [0.15, 0.2) is 174 Å². The van der Waals surface area contributed by atoms with Gasteiger partial charge in [0.05, 0.1) is 27.8 Å². The van der Waals surface area contributed by atoms with Crippen molar-refractivity contribution in [3.63, 3.8) is 0 Å². The van der Waals surface area contributed by atoms with Gasteiger partial charge in [-0.05, 0) is 132 Å². The van der Waals surface area contributed by atoms with Crippen molar-refractivity contribution in [3.05, 3.63) is 192 Å². The normalized spacial score (nSPS) is 25.0. The molecule has 6 aliphatic rings. The topological polar surface area (TPSA) is 8.17 Å². The maximum Gasteiger partial charge on any atom is 0.0765 e. The van der Waals surface area contributed by atoms with Crippen molar-refractivity contribution < 1.29 is 0 Å². The Hall–Kier alpha value is -5.51. The maximum atomic E-state index is 2.54. The van der Waals surface area contributed by atoms with Gasteiger partial charge in [-0.2, -0.15) is 0 Å². The zero-order chi connectivity index (χ0) is 35.9. The van der Waals surface area contributed by atoms with Crippen LogP contribution in [-0.4, -0.2) is 4.57 Å². The molecule has 4 bridgehead atoms. The zero-order valence-electron chi connectivity index (χ0n) is 30.7. The van der Waals surface area contributed by atoms with Gasteiger partial charge in [-0.15, -0.1) is 0 Å². The zero-order valence-corrected chi connectivity index (χ0v) is 31.5. The van der Waals surface area contributed by atoms with Gasteiger partial charge < -0.3 is 9.47 Å². The molecular formula is C52H40N2S. The Labute approximate surface area is 326 Å². The smallest absolute Gasteiger partial charge is 0.0765 e. The van der Waals surface area contributed by atoms with E-state index >= 15 is 0 Å². The van der Waals surface area contributed by atoms with Crippen LogP contribution in [0.1, 0.15) is 59.9 Å². The number of nitrogens with zero attached hydrogens (tertiary/aromatic N) is 2. The molecule has 0 amide bonds. The number of anilines is 3. The Balaban J connectivity index is 1.07. The van der Waals surface area contributed by atoms with E-state index in [4.69, 9.17) is 0 Å². The number of para-hydroxylation sites is 4. The predicted molar refractivity (Wildman–Crippen MR) is 227 cm³/mol. The number of hydrogen-bond donors (Lipinski definition) is 0. The minimum Gasteiger partial charge on any atom is -0.309 e. The van der Waals surface area contributed by atoms with E-state index in [1.165, 1.54) is 109 Å². The maximum absolute atomic E-state index is 2.54. The van der Waals surface area contributed by atoms with Crippen molar-refractivity contribution in [1.29, 1.82) is 0 Å². The molecule has 2 nitrogen and oxygen atoms in total. The van der Waals surface area contributed by atoms with Gasteiger partial charge in [0, 0.05) is 31.9 Å². The molecule has 3 heterocycles. The summed E-state index contributed by atoms with van der Waals surface area (Å²) in [5.74, 6) is 2.76. The van der Waals surface area contributed by atoms with Crippen LogP contribution in [-0.2, 0) is 10.8 Å². The van der Waals surface area contributed by atoms with Crippen LogP contribution in [0, 0.1) is 17.8 Å². The van der Waals surface area contributed by atoms with Crippen molar-refractivity contribution in [2.45, 2.75) is 52.7 Å². The molecule has 0 radical (unpaired) electrons. The van der Waals surface area contributed by atoms with Gasteiger partial charge >= 0.3 is 0 Å². The minimum absolute atomic E-state index is 0.402. The van der Waals surface area contributed by atoms with Gasteiger partial charge in [0.15, 0.2) is 0 Å². The molecule has 2 aliphatic heterocycles. The second-order valence-corrected chi connectivity index (χ2v) is 18.0. The van der Waals surface area contributed by atoms with Crippen LogP contribution in [0.4, 0.5) is 17.1 Å². The summed E-state index contributed by atoms with van der Waals surface area (Å²) < 4.78 is 2.54. The Morgan fingerprint density at radius 3 is 2.04 bits per heavy atom. The number of benzene rings is 7. The van der Waals surface area contributed by atoms with Crippen molar-refractivity contribution in [2.24, 2.45) is 17.8 Å². The van der Waals surface area contributed by atoms with Crippen molar-refractivity contribution >= 4 is 50.6 Å². The lowest BCUT2D eigenvalue weighted by atomic mass is 9.62. The van der Waals surface area contributed by atoms with Crippen molar-refractivity contribution in [1.82, 2.24) is 4.57 Å². The Morgan fingerprint density at radius 1 is 0.527 bits per heavy atom. The molecule has 0 N–H and O–H groups in total. The van der Waals surface area contributed by atoms with E-state index in [1.807, 2.05) is 11.8 Å². The number of rotatable bonds is 4. The first kappa shape index (κ1) is 30.8. The van der Waals surface area contributed by atoms with Gasteiger partial charge in [0.25, 0.3) is 0 Å². The molecule has 4 fully saturated rings. The van der Waals surface area contributed by atoms with E-state index in [2.05, 4.69) is 173 Å². The monoisotopic (exact) mass is 724 g/mol. The van der Waals surface area contributed by atoms with Gasteiger partial charge in [0.2, 0.25) is 0 Å². The fourth-order valence-corrected chi connectivity index (χ4v) is 14.0. The lowest BCUT2D eigenvalue weighted by Gasteiger charge is -2.46. The molecule has 3 unspecified atom stereocenters. The molecule has 14 rings (SSSR count).